The van der Waals surface area contributed by atoms with E-state index >= 15 is 0 Å². The van der Waals surface area contributed by atoms with Crippen molar-refractivity contribution < 1.29 is 32.6 Å². The Morgan fingerprint density at radius 1 is 1.19 bits per heavy atom. The minimum Gasteiger partial charge on any atom is -0.478 e. The number of ether oxygens (including phenoxy) is 1. The van der Waals surface area contributed by atoms with Crippen LogP contribution in [0.2, 0.25) is 0 Å². The lowest BCUT2D eigenvalue weighted by molar-refractivity contribution is -0.176. The van der Waals surface area contributed by atoms with Crippen molar-refractivity contribution in [1.29, 1.82) is 0 Å². The normalized spacial score (nSPS) is 11.3. The Labute approximate surface area is 153 Å². The smallest absolute Gasteiger partial charge is 0.411 e. The molecule has 0 radical (unpaired) electrons. The second kappa shape index (κ2) is 8.63. The Morgan fingerprint density at radius 2 is 1.89 bits per heavy atom. The van der Waals surface area contributed by atoms with E-state index in [4.69, 9.17) is 5.11 Å². The summed E-state index contributed by atoms with van der Waals surface area (Å²) in [6.07, 6.45) is -4.38. The number of carboxylic acid groups (broad SMARTS) is 1. The summed E-state index contributed by atoms with van der Waals surface area (Å²) in [7, 11) is 0. The van der Waals surface area contributed by atoms with Crippen LogP contribution in [-0.2, 0) is 17.9 Å². The van der Waals surface area contributed by atoms with Crippen molar-refractivity contribution in [3.63, 3.8) is 0 Å². The fraction of sp³-hybridized carbons (Fsp3) is 0.278. The standard InChI is InChI=1S/C18H17F3N2O4/c1-11-14(17(25)26)5-6-15(23-11)16(24)22-8-12-3-2-4-13(7-12)9-27-10-18(19,20)21/h2-7H,8-10H2,1H3,(H,22,24)(H,25,26). The van der Waals surface area contributed by atoms with Gasteiger partial charge in [0.1, 0.15) is 12.3 Å². The van der Waals surface area contributed by atoms with E-state index < -0.39 is 24.7 Å². The van der Waals surface area contributed by atoms with E-state index in [1.54, 1.807) is 24.3 Å². The highest BCUT2D eigenvalue weighted by Crippen LogP contribution is 2.16. The molecular formula is C18H17F3N2O4. The molecule has 6 nitrogen and oxygen atoms in total. The van der Waals surface area contributed by atoms with Gasteiger partial charge < -0.3 is 15.2 Å². The first-order valence-corrected chi connectivity index (χ1v) is 7.87. The number of amides is 1. The van der Waals surface area contributed by atoms with Gasteiger partial charge in [-0.2, -0.15) is 13.2 Å². The summed E-state index contributed by atoms with van der Waals surface area (Å²) in [5.41, 5.74) is 1.53. The second-order valence-electron chi connectivity index (χ2n) is 5.75. The molecule has 144 valence electrons. The number of aromatic nitrogens is 1. The predicted molar refractivity (Wildman–Crippen MR) is 89.3 cm³/mol. The molecule has 9 heteroatoms. The second-order valence-corrected chi connectivity index (χ2v) is 5.75. The average molecular weight is 382 g/mol. The zero-order chi connectivity index (χ0) is 20.0. The number of pyridine rings is 1. The molecule has 0 atom stereocenters. The molecule has 27 heavy (non-hydrogen) atoms. The van der Waals surface area contributed by atoms with Crippen molar-refractivity contribution in [2.24, 2.45) is 0 Å². The highest BCUT2D eigenvalue weighted by Gasteiger charge is 2.27. The van der Waals surface area contributed by atoms with Gasteiger partial charge in [-0.15, -0.1) is 0 Å². The van der Waals surface area contributed by atoms with E-state index in [1.165, 1.54) is 19.1 Å². The topological polar surface area (TPSA) is 88.5 Å². The number of aryl methyl sites for hydroxylation is 1. The van der Waals surface area contributed by atoms with E-state index in [9.17, 15) is 22.8 Å². The van der Waals surface area contributed by atoms with Crippen LogP contribution in [0.5, 0.6) is 0 Å². The molecule has 0 aliphatic rings. The third-order valence-corrected chi connectivity index (χ3v) is 3.53. The van der Waals surface area contributed by atoms with Gasteiger partial charge in [0, 0.05) is 6.54 Å². The fourth-order valence-corrected chi connectivity index (χ4v) is 2.30. The summed E-state index contributed by atoms with van der Waals surface area (Å²) < 4.78 is 40.9. The first-order valence-electron chi connectivity index (χ1n) is 7.87. The van der Waals surface area contributed by atoms with Gasteiger partial charge in [-0.1, -0.05) is 24.3 Å². The SMILES string of the molecule is Cc1nc(C(=O)NCc2cccc(COCC(F)(F)F)c2)ccc1C(=O)O. The molecule has 2 rings (SSSR count). The van der Waals surface area contributed by atoms with Crippen molar-refractivity contribution >= 4 is 11.9 Å². The average Bonchev–Trinajstić information content (AvgIpc) is 2.58. The molecule has 1 aromatic heterocycles. The summed E-state index contributed by atoms with van der Waals surface area (Å²) in [5.74, 6) is -1.62. The van der Waals surface area contributed by atoms with Gasteiger partial charge in [-0.3, -0.25) is 4.79 Å². The zero-order valence-corrected chi connectivity index (χ0v) is 14.3. The number of benzene rings is 1. The molecule has 0 unspecified atom stereocenters. The lowest BCUT2D eigenvalue weighted by Gasteiger charge is -2.10. The molecule has 0 saturated heterocycles. The number of nitrogens with zero attached hydrogens (tertiary/aromatic N) is 1. The molecule has 1 amide bonds. The van der Waals surface area contributed by atoms with E-state index in [-0.39, 0.29) is 30.1 Å². The van der Waals surface area contributed by atoms with E-state index in [0.29, 0.717) is 11.1 Å². The minimum atomic E-state index is -4.38. The summed E-state index contributed by atoms with van der Waals surface area (Å²) >= 11 is 0. The van der Waals surface area contributed by atoms with Gasteiger partial charge in [0.15, 0.2) is 0 Å². The number of rotatable bonds is 7. The van der Waals surface area contributed by atoms with Crippen LogP contribution >= 0.6 is 0 Å². The predicted octanol–water partition coefficient (Wildman–Crippen LogP) is 3.10. The zero-order valence-electron chi connectivity index (χ0n) is 14.3. The quantitative estimate of drug-likeness (QED) is 0.768. The maximum absolute atomic E-state index is 12.1. The summed E-state index contributed by atoms with van der Waals surface area (Å²) in [5, 5.41) is 11.6. The van der Waals surface area contributed by atoms with Crippen LogP contribution in [0, 0.1) is 6.92 Å². The summed E-state index contributed by atoms with van der Waals surface area (Å²) in [4.78, 5) is 27.1. The van der Waals surface area contributed by atoms with Crippen molar-refractivity contribution in [3.8, 4) is 0 Å². The number of carbonyl (C=O) groups excluding carboxylic acids is 1. The molecule has 2 aromatic rings. The molecule has 0 fully saturated rings. The highest BCUT2D eigenvalue weighted by molar-refractivity contribution is 5.94. The van der Waals surface area contributed by atoms with E-state index in [0.717, 1.165) is 0 Å². The van der Waals surface area contributed by atoms with Gasteiger partial charge in [0.05, 0.1) is 17.9 Å². The largest absolute Gasteiger partial charge is 0.478 e. The third-order valence-electron chi connectivity index (χ3n) is 3.53. The van der Waals surface area contributed by atoms with Gasteiger partial charge >= 0.3 is 12.1 Å². The Balaban J connectivity index is 1.94. The Morgan fingerprint density at radius 3 is 2.52 bits per heavy atom. The van der Waals surface area contributed by atoms with Crippen LogP contribution in [0.15, 0.2) is 36.4 Å². The van der Waals surface area contributed by atoms with E-state index in [2.05, 4.69) is 15.0 Å². The lowest BCUT2D eigenvalue weighted by atomic mass is 10.1. The molecule has 0 bridgehead atoms. The molecule has 1 aromatic carbocycles. The van der Waals surface area contributed by atoms with E-state index in [1.807, 2.05) is 0 Å². The molecule has 0 spiro atoms. The first-order chi connectivity index (χ1) is 12.7. The monoisotopic (exact) mass is 382 g/mol. The maximum Gasteiger partial charge on any atom is 0.411 e. The van der Waals surface area contributed by atoms with Crippen LogP contribution in [0.3, 0.4) is 0 Å². The van der Waals surface area contributed by atoms with Crippen LogP contribution < -0.4 is 5.32 Å². The number of hydrogen-bond donors (Lipinski definition) is 2. The molecule has 1 heterocycles. The Kier molecular flexibility index (Phi) is 6.51. The number of nitrogens with one attached hydrogen (secondary N) is 1. The number of carbonyl (C=O) groups is 2. The Bertz CT molecular complexity index is 838. The van der Waals surface area contributed by atoms with Crippen LogP contribution in [0.1, 0.15) is 37.7 Å². The molecule has 0 aliphatic heterocycles. The Hall–Kier alpha value is -2.94. The van der Waals surface area contributed by atoms with Crippen molar-refractivity contribution in [2.75, 3.05) is 6.61 Å². The van der Waals surface area contributed by atoms with Crippen LogP contribution in [0.25, 0.3) is 0 Å². The van der Waals surface area contributed by atoms with Gasteiger partial charge in [-0.05, 0) is 30.2 Å². The van der Waals surface area contributed by atoms with Gasteiger partial charge in [-0.25, -0.2) is 9.78 Å². The fourth-order valence-electron chi connectivity index (χ4n) is 2.30. The number of carboxylic acids is 1. The van der Waals surface area contributed by atoms with Crippen molar-refractivity contribution in [2.45, 2.75) is 26.3 Å². The van der Waals surface area contributed by atoms with Crippen LogP contribution in [0.4, 0.5) is 13.2 Å². The van der Waals surface area contributed by atoms with Gasteiger partial charge in [0.25, 0.3) is 5.91 Å². The molecule has 0 aliphatic carbocycles. The number of aromatic carboxylic acids is 1. The maximum atomic E-state index is 12.1. The minimum absolute atomic E-state index is 0.0121. The molecular weight excluding hydrogens is 365 g/mol. The summed E-state index contributed by atoms with van der Waals surface area (Å²) in [6.45, 7) is 0.0992. The first kappa shape index (κ1) is 20.4. The summed E-state index contributed by atoms with van der Waals surface area (Å²) in [6, 6.07) is 9.23. The molecule has 2 N–H and O–H groups in total. The van der Waals surface area contributed by atoms with Gasteiger partial charge in [0.2, 0.25) is 0 Å². The highest BCUT2D eigenvalue weighted by atomic mass is 19.4. The molecule has 0 saturated carbocycles. The third kappa shape index (κ3) is 6.37. The van der Waals surface area contributed by atoms with Crippen molar-refractivity contribution in [1.82, 2.24) is 10.3 Å². The van der Waals surface area contributed by atoms with Crippen molar-refractivity contribution in [3.05, 3.63) is 64.5 Å². The van der Waals surface area contributed by atoms with Crippen LogP contribution in [-0.4, -0.2) is 34.8 Å². The number of alkyl halides is 3. The number of hydrogen-bond acceptors (Lipinski definition) is 4. The number of halogens is 3. The lowest BCUT2D eigenvalue weighted by Crippen LogP contribution is -2.24.